The third kappa shape index (κ3) is 49.1. The Hall–Kier alpha value is -7.22. The highest BCUT2D eigenvalue weighted by Crippen LogP contribution is 2.32. The third-order valence-corrected chi connectivity index (χ3v) is 26.5. The van der Waals surface area contributed by atoms with Gasteiger partial charge >= 0.3 is 0 Å². The molecule has 0 unspecified atom stereocenters. The number of nitrogens with one attached hydrogen (secondary N) is 8. The molecule has 8 N–H and O–H groups in total. The second-order valence-electron chi connectivity index (χ2n) is 41.3. The molecule has 0 radical (unpaired) electrons. The Balaban J connectivity index is -0.000000930. The molecule has 4 aliphatic heterocycles. The number of benzene rings is 4. The number of rotatable bonds is 41. The van der Waals surface area contributed by atoms with Gasteiger partial charge < -0.3 is 81.7 Å². The van der Waals surface area contributed by atoms with Crippen LogP contribution < -0.4 is 42.5 Å². The molecule has 808 valence electrons. The molecular formula is C108H180Cl8N16O10. The van der Waals surface area contributed by atoms with Crippen molar-refractivity contribution in [2.75, 3.05) is 121 Å². The van der Waals surface area contributed by atoms with Gasteiger partial charge in [0.2, 0.25) is 47.3 Å². The molecular weight excluding hydrogens is 1960 g/mol. The van der Waals surface area contributed by atoms with Crippen LogP contribution in [0.15, 0.2) is 121 Å². The molecule has 0 aromatic heterocycles. The minimum absolute atomic E-state index is 0. The Morgan fingerprint density at radius 1 is 0.338 bits per heavy atom. The van der Waals surface area contributed by atoms with Gasteiger partial charge in [0.05, 0.1) is 24.2 Å². The van der Waals surface area contributed by atoms with Gasteiger partial charge in [-0.2, -0.15) is 0 Å². The maximum absolute atomic E-state index is 14.0. The minimum atomic E-state index is -0.724. The Kier molecular flexibility index (Phi) is 71.7. The molecule has 0 bridgehead atoms. The number of likely N-dealkylation sites (N-methyl/N-ethyl adjacent to an activating group) is 6. The molecule has 4 aliphatic rings. The van der Waals surface area contributed by atoms with Crippen LogP contribution in [-0.2, 0) is 73.6 Å². The van der Waals surface area contributed by atoms with Crippen LogP contribution in [0.1, 0.15) is 237 Å². The summed E-state index contributed by atoms with van der Waals surface area (Å²) in [6, 6.07) is 38.2. The number of halogens is 8. The fourth-order valence-corrected chi connectivity index (χ4v) is 17.1. The summed E-state index contributed by atoms with van der Waals surface area (Å²) in [5.74, 6) is 8.86. The summed E-state index contributed by atoms with van der Waals surface area (Å²) in [6.07, 6.45) is 18.1. The van der Waals surface area contributed by atoms with Crippen LogP contribution in [0.3, 0.4) is 0 Å². The first-order chi connectivity index (χ1) is 63.4. The summed E-state index contributed by atoms with van der Waals surface area (Å²) in [6.45, 7) is 44.6. The lowest BCUT2D eigenvalue weighted by Gasteiger charge is -2.37. The van der Waals surface area contributed by atoms with E-state index in [2.05, 4.69) is 162 Å². The highest BCUT2D eigenvalue weighted by atomic mass is 35.5. The zero-order valence-electron chi connectivity index (χ0n) is 89.6. The molecule has 10 amide bonds. The van der Waals surface area contributed by atoms with Gasteiger partial charge in [0.25, 0.3) is 11.8 Å². The first kappa shape index (κ1) is 141. The molecule has 12 atom stereocenters. The fraction of sp³-hybridized carbons (Fsp3) is 0.648. The fourth-order valence-electron chi connectivity index (χ4n) is 17.1. The maximum Gasteiger partial charge on any atom is 0.299 e. The molecule has 8 rings (SSSR count). The van der Waals surface area contributed by atoms with Gasteiger partial charge in [-0.05, 0) is 235 Å². The molecule has 4 fully saturated rings. The van der Waals surface area contributed by atoms with Crippen LogP contribution in [0.25, 0.3) is 0 Å². The van der Waals surface area contributed by atoms with Gasteiger partial charge in [0.15, 0.2) is 0 Å². The molecule has 0 saturated carbocycles. The molecule has 34 heteroatoms. The van der Waals surface area contributed by atoms with E-state index in [0.717, 1.165) is 141 Å². The molecule has 4 aromatic carbocycles. The van der Waals surface area contributed by atoms with Crippen LogP contribution in [0.4, 0.5) is 0 Å². The number of amides is 10. The number of carbonyl (C=O) groups excluding carboxylic acids is 10. The second kappa shape index (κ2) is 72.2. The normalized spacial score (nSPS) is 16.9. The maximum atomic E-state index is 14.0. The van der Waals surface area contributed by atoms with E-state index in [4.69, 9.17) is 0 Å². The minimum Gasteiger partial charge on any atom is -0.342 e. The molecule has 4 saturated heterocycles. The Morgan fingerprint density at radius 2 is 0.599 bits per heavy atom. The zero-order valence-corrected chi connectivity index (χ0v) is 96.1. The van der Waals surface area contributed by atoms with Crippen LogP contribution >= 0.6 is 99.3 Å². The van der Waals surface area contributed by atoms with Gasteiger partial charge in [-0.25, -0.2) is 0 Å². The van der Waals surface area contributed by atoms with Gasteiger partial charge in [-0.3, -0.25) is 47.9 Å². The van der Waals surface area contributed by atoms with Crippen LogP contribution in [0, 0.1) is 45.3 Å². The summed E-state index contributed by atoms with van der Waals surface area (Å²) in [5.41, 5.74) is 3.46. The molecule has 142 heavy (non-hydrogen) atoms. The summed E-state index contributed by atoms with van der Waals surface area (Å²) < 4.78 is 0. The first-order valence-electron chi connectivity index (χ1n) is 49.7. The quantitative estimate of drug-likeness (QED) is 0.0151. The number of hydrogen-bond donors (Lipinski definition) is 8. The average Bonchev–Trinajstić information content (AvgIpc) is 1.73. The molecule has 26 nitrogen and oxygen atoms in total. The lowest BCUT2D eigenvalue weighted by Crippen LogP contribution is -2.59. The molecule has 0 aliphatic carbocycles. The largest absolute Gasteiger partial charge is 0.342 e. The summed E-state index contributed by atoms with van der Waals surface area (Å²) in [5, 5.41) is 23.6. The molecule has 4 heterocycles. The smallest absolute Gasteiger partial charge is 0.299 e. The number of likely N-dealkylation sites (tertiary alicyclic amines) is 4. The zero-order chi connectivity index (χ0) is 99.5. The van der Waals surface area contributed by atoms with Crippen molar-refractivity contribution in [1.29, 1.82) is 0 Å². The van der Waals surface area contributed by atoms with E-state index >= 15 is 0 Å². The van der Waals surface area contributed by atoms with Crippen molar-refractivity contribution in [3.63, 3.8) is 0 Å². The van der Waals surface area contributed by atoms with Crippen molar-refractivity contribution < 1.29 is 47.9 Å². The number of nitrogens with zero attached hydrogens (tertiary/aromatic N) is 8. The van der Waals surface area contributed by atoms with Crippen molar-refractivity contribution in [2.45, 2.75) is 313 Å². The van der Waals surface area contributed by atoms with Crippen molar-refractivity contribution in [2.24, 2.45) is 21.7 Å². The highest BCUT2D eigenvalue weighted by molar-refractivity contribution is 5.97. The second-order valence-corrected chi connectivity index (χ2v) is 41.3. The Morgan fingerprint density at radius 3 is 0.894 bits per heavy atom. The first-order valence-corrected chi connectivity index (χ1v) is 49.7. The van der Waals surface area contributed by atoms with Gasteiger partial charge in [0, 0.05) is 109 Å². The van der Waals surface area contributed by atoms with Gasteiger partial charge in [0.1, 0.15) is 24.2 Å². The number of unbranched alkanes of at least 4 members (excludes halogenated alkanes) is 3. The van der Waals surface area contributed by atoms with E-state index in [9.17, 15) is 47.9 Å². The van der Waals surface area contributed by atoms with Crippen molar-refractivity contribution in [1.82, 2.24) is 81.7 Å². The Bertz CT molecular complexity index is 4330. The predicted octanol–water partition coefficient (Wildman–Crippen LogP) is 14.7. The standard InChI is InChI=1S/C38H49N5O4.C38H61N5O2.2C16H31N3O2.8ClH/c1-29(39-5)36(46)40-35(38(2,3)4)37(47)43-25-15-20-32(43)28-42(27-24-31-18-11-8-12-19-31)34(45)22-14-13-21-33(44)41(6)26-23-30-16-9-7-10-17-30;1-31(39-5)36(44)40-35(38(2,3)4)37(45)43-27-17-22-34(43)30-42(29-24-33-20-13-10-14-21-33)26-16-8-7-15-25-41(6)28-23-32-18-11-9-12-19-32;2*1-7-12-9-8-10-19(12)15(21)13(16(3,4)5)18-14(20)11(2)17-6;;;;;;;;/h7-12,16-19,29,32,35,39H,15,20,23-28H2,1-6H3,(H,40,46);9-14,18-21,31,34-35,39H,7-8,15-17,22-30H2,1-6H3,(H,40,44);2*11-13,17H,7-10H2,1-6H3,(H,18,20);8*1H/t29-,32-,35+;31-,34-,35+;2*11-,12+,13+;;;;;;;;/m0000......../s1. The molecule has 4 aromatic rings. The Labute approximate surface area is 904 Å². The van der Waals surface area contributed by atoms with Crippen molar-refractivity contribution >= 4 is 158 Å². The van der Waals surface area contributed by atoms with E-state index in [1.807, 2.05) is 160 Å². The van der Waals surface area contributed by atoms with Gasteiger partial charge in [-0.1, -0.05) is 231 Å². The molecule has 0 spiro atoms. The monoisotopic (exact) mass is 2140 g/mol. The van der Waals surface area contributed by atoms with E-state index in [-0.39, 0.29) is 199 Å². The lowest BCUT2D eigenvalue weighted by atomic mass is 9.85. The van der Waals surface area contributed by atoms with E-state index < -0.39 is 41.5 Å². The number of carbonyl (C=O) groups is 10. The summed E-state index contributed by atoms with van der Waals surface area (Å²) in [7, 11) is 10.9. The highest BCUT2D eigenvalue weighted by Gasteiger charge is 2.45. The van der Waals surface area contributed by atoms with Crippen molar-refractivity contribution in [3.05, 3.63) is 144 Å². The van der Waals surface area contributed by atoms with Gasteiger partial charge in [-0.15, -0.1) is 99.3 Å². The van der Waals surface area contributed by atoms with E-state index in [1.54, 1.807) is 65.8 Å². The average molecular weight is 2150 g/mol. The van der Waals surface area contributed by atoms with Crippen LogP contribution in [-0.4, -0.2) is 292 Å². The van der Waals surface area contributed by atoms with Crippen LogP contribution in [0.5, 0.6) is 0 Å². The summed E-state index contributed by atoms with van der Waals surface area (Å²) >= 11 is 0. The van der Waals surface area contributed by atoms with E-state index in [1.165, 1.54) is 41.7 Å². The predicted molar refractivity (Wildman–Crippen MR) is 600 cm³/mol. The third-order valence-electron chi connectivity index (χ3n) is 26.5. The lowest BCUT2D eigenvalue weighted by molar-refractivity contribution is -0.141. The summed E-state index contributed by atoms with van der Waals surface area (Å²) in [4.78, 5) is 146. The SMILES string of the molecule is CC[C@@H]1CCCN1C(=O)[C@@H](NC(=O)[C@H](C)NC)C(C)(C)C.CC[C@@H]1CCCN1C(=O)[C@@H](NC(=O)[C@H](C)NC)C(C)(C)C.CN[C@@H](C)C(=O)N[C@H](C(=O)N1CCC[C@H]1CN(CCCCCCN(C)CCc1ccccc1)CCc1ccccc1)C(C)(C)C.CN[C@@H](C)C(=O)N[C@H](C(=O)N1CCC[C@H]1CN(CCc1ccccc1)C(=O)C#CC#CC(=O)N(C)CCc1ccccc1)C(C)(C)C.Cl.Cl.Cl.Cl.Cl.Cl.Cl.Cl. The van der Waals surface area contributed by atoms with E-state index in [0.29, 0.717) is 51.1 Å². The topological polar surface area (TPSA) is 293 Å². The van der Waals surface area contributed by atoms with Crippen molar-refractivity contribution in [3.8, 4) is 23.7 Å². The van der Waals surface area contributed by atoms with Crippen LogP contribution in [0.2, 0.25) is 0 Å². The number of hydrogen-bond acceptors (Lipinski definition) is 16.